The van der Waals surface area contributed by atoms with Crippen LogP contribution in [0.2, 0.25) is 0 Å². The average Bonchev–Trinajstić information content (AvgIpc) is 2.49. The van der Waals surface area contributed by atoms with Gasteiger partial charge in [-0.05, 0) is 12.8 Å². The lowest BCUT2D eigenvalue weighted by molar-refractivity contribution is -0.928. The van der Waals surface area contributed by atoms with Gasteiger partial charge in [0, 0.05) is 6.42 Å². The van der Waals surface area contributed by atoms with Crippen LogP contribution in [0, 0.1) is 0 Å². The van der Waals surface area contributed by atoms with Gasteiger partial charge in [-0.15, -0.1) is 0 Å². The maximum atomic E-state index is 10.8. The van der Waals surface area contributed by atoms with Crippen LogP contribution in [-0.4, -0.2) is 111 Å². The van der Waals surface area contributed by atoms with Gasteiger partial charge in [-0.3, -0.25) is 4.55 Å². The minimum atomic E-state index is -3.94. The van der Waals surface area contributed by atoms with Gasteiger partial charge >= 0.3 is 0 Å². The van der Waals surface area contributed by atoms with E-state index in [2.05, 4.69) is 6.92 Å². The molecule has 0 atom stereocenters. The number of quaternary nitrogens is 2. The van der Waals surface area contributed by atoms with Gasteiger partial charge in [-0.1, -0.05) is 19.8 Å². The predicted octanol–water partition coefficient (Wildman–Crippen LogP) is -0.911. The Bertz CT molecular complexity index is 499. The number of unbranched alkanes of at least 4 members (excludes halogenated alkanes) is 3. The molecule has 0 spiro atoms. The number of hydrogen-bond acceptors (Lipinski definition) is 6. The van der Waals surface area contributed by atoms with Gasteiger partial charge in [0.2, 0.25) is 0 Å². The van der Waals surface area contributed by atoms with Crippen molar-refractivity contribution < 1.29 is 42.1 Å². The zero-order valence-corrected chi connectivity index (χ0v) is 18.8. The summed E-state index contributed by atoms with van der Waals surface area (Å²) in [5, 5.41) is 28.3. The van der Waals surface area contributed by atoms with Crippen LogP contribution in [0.5, 0.6) is 0 Å². The van der Waals surface area contributed by atoms with Gasteiger partial charge in [0.15, 0.2) is 0 Å². The molecule has 0 radical (unpaired) electrons. The van der Waals surface area contributed by atoms with Crippen LogP contribution in [0.1, 0.15) is 39.0 Å². The van der Waals surface area contributed by atoms with Gasteiger partial charge in [0.05, 0.1) is 59.2 Å². The zero-order valence-electron chi connectivity index (χ0n) is 18.0. The summed E-state index contributed by atoms with van der Waals surface area (Å²) in [6.45, 7) is 4.63. The monoisotopic (exact) mass is 429 g/mol. The number of carbonyl (C=O) groups is 1. The minimum absolute atomic E-state index is 0.0135. The van der Waals surface area contributed by atoms with E-state index in [4.69, 9.17) is 4.55 Å². The smallest absolute Gasteiger partial charge is 0.265 e. The van der Waals surface area contributed by atoms with Crippen molar-refractivity contribution in [1.29, 1.82) is 0 Å². The minimum Gasteiger partial charge on any atom is -0.544 e. The van der Waals surface area contributed by atoms with Crippen molar-refractivity contribution in [3.8, 4) is 0 Å². The highest BCUT2D eigenvalue weighted by Gasteiger charge is 2.26. The molecule has 0 aromatic rings. The maximum Gasteiger partial charge on any atom is 0.265 e. The molecular formula is C18H41N2O7S+. The molecular weight excluding hydrogens is 388 g/mol. The fourth-order valence-electron chi connectivity index (χ4n) is 2.94. The number of aliphatic hydroxyl groups is 2. The molecule has 10 heteroatoms. The molecule has 0 unspecified atom stereocenters. The summed E-state index contributed by atoms with van der Waals surface area (Å²) in [5.41, 5.74) is 0. The van der Waals surface area contributed by atoms with E-state index in [1.54, 1.807) is 21.1 Å². The van der Waals surface area contributed by atoms with Gasteiger partial charge in [0.25, 0.3) is 10.1 Å². The molecule has 170 valence electrons. The first-order valence-electron chi connectivity index (χ1n) is 9.83. The quantitative estimate of drug-likeness (QED) is 0.174. The summed E-state index contributed by atoms with van der Waals surface area (Å²) in [4.78, 5) is 9.89. The molecule has 0 heterocycles. The number of aliphatic hydroxyl groups excluding tert-OH is 2. The number of nitrogens with zero attached hydrogens (tertiary/aromatic N) is 2. The lowest BCUT2D eigenvalue weighted by Crippen LogP contribution is -2.53. The average molecular weight is 430 g/mol. The summed E-state index contributed by atoms with van der Waals surface area (Å²) < 4.78 is 31.3. The van der Waals surface area contributed by atoms with E-state index in [0.717, 1.165) is 32.2 Å². The first-order valence-corrected chi connectivity index (χ1v) is 11.4. The Kier molecular flexibility index (Phi) is 15.9. The Balaban J connectivity index is 0. The number of hydrogen-bond donors (Lipinski definition) is 3. The Morgan fingerprint density at radius 3 is 1.71 bits per heavy atom. The number of carboxylic acids is 1. The van der Waals surface area contributed by atoms with Crippen molar-refractivity contribution in [2.75, 3.05) is 72.8 Å². The zero-order chi connectivity index (χ0) is 22.3. The fraction of sp³-hybridized carbons (Fsp3) is 0.944. The molecule has 9 nitrogen and oxygen atoms in total. The van der Waals surface area contributed by atoms with Crippen molar-refractivity contribution in [1.82, 2.24) is 0 Å². The second-order valence-corrected chi connectivity index (χ2v) is 9.78. The van der Waals surface area contributed by atoms with Crippen LogP contribution in [0.25, 0.3) is 0 Å². The molecule has 28 heavy (non-hydrogen) atoms. The highest BCUT2D eigenvalue weighted by molar-refractivity contribution is 7.85. The summed E-state index contributed by atoms with van der Waals surface area (Å²) in [6.07, 6.45) is 4.74. The predicted molar refractivity (Wildman–Crippen MR) is 107 cm³/mol. The van der Waals surface area contributed by atoms with Crippen molar-refractivity contribution >= 4 is 16.1 Å². The maximum absolute atomic E-state index is 10.8. The van der Waals surface area contributed by atoms with Crippen LogP contribution >= 0.6 is 0 Å². The fourth-order valence-corrected chi connectivity index (χ4v) is 3.43. The van der Waals surface area contributed by atoms with Crippen LogP contribution < -0.4 is 5.11 Å². The number of likely N-dealkylation sites (N-methyl/N-ethyl adjacent to an activating group) is 1. The van der Waals surface area contributed by atoms with Crippen LogP contribution in [-0.2, 0) is 14.9 Å². The lowest BCUT2D eigenvalue weighted by Gasteiger charge is -2.38. The van der Waals surface area contributed by atoms with Crippen LogP contribution in [0.4, 0.5) is 0 Å². The lowest BCUT2D eigenvalue weighted by atomic mass is 10.1. The van der Waals surface area contributed by atoms with Gasteiger partial charge in [-0.2, -0.15) is 8.42 Å². The third kappa shape index (κ3) is 20.0. The molecule has 0 saturated heterocycles. The summed E-state index contributed by atoms with van der Waals surface area (Å²) in [6, 6.07) is 0. The molecule has 3 N–H and O–H groups in total. The number of carboxylic acid groups (broad SMARTS) is 1. The van der Waals surface area contributed by atoms with Crippen LogP contribution in [0.15, 0.2) is 0 Å². The molecule has 0 fully saturated rings. The Hall–Kier alpha value is -0.780. The standard InChI is InChI=1S/C13H29NO5S.C5H11NO2/c1-2-3-4-5-7-14(9-11-15,10-12-16)8-6-13-20(17,18)19;1-6(2,3)4-5(7)8/h15-16H,2-13H2,1H3;4H2,1-3H3/p+1. The van der Waals surface area contributed by atoms with E-state index >= 15 is 0 Å². The second kappa shape index (κ2) is 15.1. The van der Waals surface area contributed by atoms with Crippen molar-refractivity contribution in [3.05, 3.63) is 0 Å². The third-order valence-electron chi connectivity index (χ3n) is 4.27. The van der Waals surface area contributed by atoms with Crippen molar-refractivity contribution in [3.63, 3.8) is 0 Å². The summed E-state index contributed by atoms with van der Waals surface area (Å²) >= 11 is 0. The normalized spacial score (nSPS) is 12.4. The van der Waals surface area contributed by atoms with E-state index in [1.807, 2.05) is 0 Å². The highest BCUT2D eigenvalue weighted by atomic mass is 32.2. The van der Waals surface area contributed by atoms with Crippen LogP contribution in [0.3, 0.4) is 0 Å². The first kappa shape index (κ1) is 29.4. The second-order valence-electron chi connectivity index (χ2n) is 8.20. The molecule has 0 saturated carbocycles. The largest absolute Gasteiger partial charge is 0.544 e. The van der Waals surface area contributed by atoms with Gasteiger partial charge in [-0.25, -0.2) is 0 Å². The van der Waals surface area contributed by atoms with Gasteiger partial charge in [0.1, 0.15) is 19.6 Å². The number of carbonyl (C=O) groups excluding carboxylic acids is 1. The van der Waals surface area contributed by atoms with E-state index < -0.39 is 16.1 Å². The van der Waals surface area contributed by atoms with E-state index in [9.17, 15) is 28.5 Å². The Labute approximate surface area is 170 Å². The Morgan fingerprint density at radius 2 is 1.39 bits per heavy atom. The van der Waals surface area contributed by atoms with E-state index in [1.165, 1.54) is 0 Å². The molecule has 0 aliphatic heterocycles. The number of aliphatic carboxylic acids is 1. The SMILES string of the molecule is CCCCCC[N+](CCO)(CCO)CCCS(=O)(=O)O.C[N+](C)(C)CC(=O)[O-]. The molecule has 0 rings (SSSR count). The molecule has 0 aromatic heterocycles. The molecule has 0 aromatic carbocycles. The molecule has 0 bridgehead atoms. The molecule has 0 aliphatic rings. The summed E-state index contributed by atoms with van der Waals surface area (Å²) in [7, 11) is 1.46. The van der Waals surface area contributed by atoms with E-state index in [0.29, 0.717) is 35.0 Å². The van der Waals surface area contributed by atoms with Crippen molar-refractivity contribution in [2.45, 2.75) is 39.0 Å². The number of rotatable bonds is 15. The summed E-state index contributed by atoms with van der Waals surface area (Å²) in [5.74, 6) is -1.27. The van der Waals surface area contributed by atoms with Gasteiger partial charge < -0.3 is 29.1 Å². The van der Waals surface area contributed by atoms with Crippen molar-refractivity contribution in [2.24, 2.45) is 0 Å². The Morgan fingerprint density at radius 1 is 0.893 bits per heavy atom. The molecule has 0 amide bonds. The van der Waals surface area contributed by atoms with E-state index in [-0.39, 0.29) is 25.5 Å². The third-order valence-corrected chi connectivity index (χ3v) is 5.08. The molecule has 0 aliphatic carbocycles. The highest BCUT2D eigenvalue weighted by Crippen LogP contribution is 2.13. The topological polar surface area (TPSA) is 135 Å². The first-order chi connectivity index (χ1) is 12.8.